The molecule has 0 aliphatic heterocycles. The molecule has 9 heavy (non-hydrogen) atoms. The molecule has 1 spiro atoms. The molecule has 2 aliphatic carbocycles. The van der Waals surface area contributed by atoms with Gasteiger partial charge in [0, 0.05) is 5.41 Å². The van der Waals surface area contributed by atoms with Gasteiger partial charge in [-0.05, 0) is 26.2 Å². The molecule has 0 radical (unpaired) electrons. The third-order valence-electron chi connectivity index (χ3n) is 2.56. The molecule has 2 rings (SSSR count). The first kappa shape index (κ1) is 5.28. The largest absolute Gasteiger partial charge is 0.0876 e. The molecule has 0 heteroatoms. The summed E-state index contributed by atoms with van der Waals surface area (Å²) < 4.78 is 0. The van der Waals surface area contributed by atoms with Crippen molar-refractivity contribution >= 4 is 0 Å². The lowest BCUT2D eigenvalue weighted by molar-refractivity contribution is 0.659. The van der Waals surface area contributed by atoms with Crippen LogP contribution in [-0.4, -0.2) is 0 Å². The topological polar surface area (TPSA) is 0 Å². The average molecular weight is 120 g/mol. The van der Waals surface area contributed by atoms with Crippen molar-refractivity contribution in [3.05, 3.63) is 23.8 Å². The molecule has 1 fully saturated rings. The third kappa shape index (κ3) is 0.592. The van der Waals surface area contributed by atoms with Gasteiger partial charge in [-0.15, -0.1) is 0 Å². The summed E-state index contributed by atoms with van der Waals surface area (Å²) in [5, 5.41) is 0. The molecule has 0 aromatic carbocycles. The Hall–Kier alpha value is -0.520. The Morgan fingerprint density at radius 2 is 2.56 bits per heavy atom. The second-order valence-electron chi connectivity index (χ2n) is 3.09. The van der Waals surface area contributed by atoms with Crippen LogP contribution in [0.2, 0.25) is 0 Å². The molecule has 0 bridgehead atoms. The average Bonchev–Trinajstić information content (AvgIpc) is 2.30. The zero-order valence-corrected chi connectivity index (χ0v) is 5.85. The number of hydrogen-bond acceptors (Lipinski definition) is 0. The molecule has 48 valence electrons. The molecule has 0 nitrogen and oxygen atoms in total. The predicted molar refractivity (Wildman–Crippen MR) is 39.2 cm³/mol. The molecule has 0 heterocycles. The van der Waals surface area contributed by atoms with E-state index in [2.05, 4.69) is 25.2 Å². The molecule has 0 saturated heterocycles. The molecule has 0 aromatic heterocycles. The number of rotatable bonds is 0. The van der Waals surface area contributed by atoms with Crippen LogP contribution in [0.1, 0.15) is 26.2 Å². The van der Waals surface area contributed by atoms with Crippen molar-refractivity contribution in [3.63, 3.8) is 0 Å². The highest BCUT2D eigenvalue weighted by Crippen LogP contribution is 2.59. The van der Waals surface area contributed by atoms with Gasteiger partial charge < -0.3 is 0 Å². The van der Waals surface area contributed by atoms with E-state index in [1.807, 2.05) is 0 Å². The van der Waals surface area contributed by atoms with Gasteiger partial charge in [-0.1, -0.05) is 23.8 Å². The summed E-state index contributed by atoms with van der Waals surface area (Å²) in [4.78, 5) is 0. The van der Waals surface area contributed by atoms with Crippen LogP contribution in [0.25, 0.3) is 0 Å². The highest BCUT2D eigenvalue weighted by Gasteiger charge is 2.46. The number of allylic oxidation sites excluding steroid dienone is 4. The summed E-state index contributed by atoms with van der Waals surface area (Å²) in [5.41, 5.74) is 2.26. The van der Waals surface area contributed by atoms with E-state index < -0.39 is 0 Å². The Morgan fingerprint density at radius 3 is 3.00 bits per heavy atom. The third-order valence-corrected chi connectivity index (χ3v) is 2.56. The Balaban J connectivity index is 2.23. The first-order valence-corrected chi connectivity index (χ1v) is 3.71. The van der Waals surface area contributed by atoms with E-state index in [0.717, 1.165) is 0 Å². The van der Waals surface area contributed by atoms with E-state index in [4.69, 9.17) is 0 Å². The summed E-state index contributed by atoms with van der Waals surface area (Å²) >= 11 is 0. The minimum Gasteiger partial charge on any atom is -0.0876 e. The quantitative estimate of drug-likeness (QED) is 0.431. The van der Waals surface area contributed by atoms with Crippen LogP contribution in [0.3, 0.4) is 0 Å². The Kier molecular flexibility index (Phi) is 0.879. The van der Waals surface area contributed by atoms with E-state index in [1.54, 1.807) is 5.57 Å². The molecule has 0 N–H and O–H groups in total. The molecule has 2 aliphatic rings. The van der Waals surface area contributed by atoms with Gasteiger partial charge in [0.25, 0.3) is 0 Å². The van der Waals surface area contributed by atoms with E-state index >= 15 is 0 Å². The van der Waals surface area contributed by atoms with E-state index in [-0.39, 0.29) is 0 Å². The van der Waals surface area contributed by atoms with Crippen LogP contribution in [0.5, 0.6) is 0 Å². The van der Waals surface area contributed by atoms with Crippen molar-refractivity contribution in [2.24, 2.45) is 5.41 Å². The Bertz CT molecular complexity index is 186. The van der Waals surface area contributed by atoms with Crippen molar-refractivity contribution in [2.45, 2.75) is 26.2 Å². The maximum absolute atomic E-state index is 2.39. The van der Waals surface area contributed by atoms with Gasteiger partial charge in [0.1, 0.15) is 0 Å². The zero-order valence-electron chi connectivity index (χ0n) is 5.85. The highest BCUT2D eigenvalue weighted by atomic mass is 14.5. The van der Waals surface area contributed by atoms with Gasteiger partial charge >= 0.3 is 0 Å². The maximum Gasteiger partial charge on any atom is 0.0131 e. The van der Waals surface area contributed by atoms with Crippen LogP contribution in [-0.2, 0) is 0 Å². The lowest BCUT2D eigenvalue weighted by atomic mass is 10.1. The fourth-order valence-corrected chi connectivity index (χ4v) is 1.83. The standard InChI is InChI=1S/C9H12/c1-2-8-7-9(8)5-3-4-6-9/h2-3,5H,4,6-7H2,1H3/b8-2+. The molecule has 1 atom stereocenters. The molecule has 1 saturated carbocycles. The van der Waals surface area contributed by atoms with Crippen molar-refractivity contribution in [1.29, 1.82) is 0 Å². The lowest BCUT2D eigenvalue weighted by Crippen LogP contribution is -1.86. The predicted octanol–water partition coefficient (Wildman–Crippen LogP) is 2.67. The number of hydrogen-bond donors (Lipinski definition) is 0. The Morgan fingerprint density at radius 1 is 1.67 bits per heavy atom. The molecule has 1 unspecified atom stereocenters. The van der Waals surface area contributed by atoms with Crippen molar-refractivity contribution in [1.82, 2.24) is 0 Å². The first-order chi connectivity index (χ1) is 4.37. The fraction of sp³-hybridized carbons (Fsp3) is 0.556. The van der Waals surface area contributed by atoms with Gasteiger partial charge in [0.2, 0.25) is 0 Å². The normalized spacial score (nSPS) is 43.0. The van der Waals surface area contributed by atoms with Gasteiger partial charge in [-0.3, -0.25) is 0 Å². The van der Waals surface area contributed by atoms with Crippen molar-refractivity contribution in [2.75, 3.05) is 0 Å². The maximum atomic E-state index is 2.39. The summed E-state index contributed by atoms with van der Waals surface area (Å²) in [6.45, 7) is 2.15. The highest BCUT2D eigenvalue weighted by molar-refractivity contribution is 5.40. The summed E-state index contributed by atoms with van der Waals surface area (Å²) in [6.07, 6.45) is 11.0. The minimum atomic E-state index is 0.592. The first-order valence-electron chi connectivity index (χ1n) is 3.71. The van der Waals surface area contributed by atoms with E-state index in [1.165, 1.54) is 19.3 Å². The zero-order chi connectivity index (χ0) is 6.32. The second-order valence-corrected chi connectivity index (χ2v) is 3.09. The molecular formula is C9H12. The van der Waals surface area contributed by atoms with Crippen LogP contribution in [0.15, 0.2) is 23.8 Å². The van der Waals surface area contributed by atoms with Crippen LogP contribution >= 0.6 is 0 Å². The summed E-state index contributed by atoms with van der Waals surface area (Å²) in [7, 11) is 0. The van der Waals surface area contributed by atoms with Crippen molar-refractivity contribution < 1.29 is 0 Å². The second kappa shape index (κ2) is 1.50. The smallest absolute Gasteiger partial charge is 0.0131 e. The van der Waals surface area contributed by atoms with Gasteiger partial charge in [-0.25, -0.2) is 0 Å². The Labute approximate surface area is 56.3 Å². The molecular weight excluding hydrogens is 108 g/mol. The van der Waals surface area contributed by atoms with Crippen LogP contribution in [0, 0.1) is 5.41 Å². The fourth-order valence-electron chi connectivity index (χ4n) is 1.83. The van der Waals surface area contributed by atoms with E-state index in [9.17, 15) is 0 Å². The van der Waals surface area contributed by atoms with Gasteiger partial charge in [0.15, 0.2) is 0 Å². The molecule has 0 aromatic rings. The van der Waals surface area contributed by atoms with E-state index in [0.29, 0.717) is 5.41 Å². The van der Waals surface area contributed by atoms with Crippen LogP contribution in [0.4, 0.5) is 0 Å². The molecule has 0 amide bonds. The SMILES string of the molecule is C/C=C1\CC12C=CCC2. The monoisotopic (exact) mass is 120 g/mol. The summed E-state index contributed by atoms with van der Waals surface area (Å²) in [5.74, 6) is 0. The summed E-state index contributed by atoms with van der Waals surface area (Å²) in [6, 6.07) is 0. The van der Waals surface area contributed by atoms with Crippen molar-refractivity contribution in [3.8, 4) is 0 Å². The minimum absolute atomic E-state index is 0.592. The van der Waals surface area contributed by atoms with Gasteiger partial charge in [0.05, 0.1) is 0 Å². The van der Waals surface area contributed by atoms with Crippen LogP contribution < -0.4 is 0 Å². The lowest BCUT2D eigenvalue weighted by Gasteiger charge is -1.97. The van der Waals surface area contributed by atoms with Gasteiger partial charge in [-0.2, -0.15) is 0 Å².